The van der Waals surface area contributed by atoms with Crippen LogP contribution in [-0.2, 0) is 14.3 Å². The predicted octanol–water partition coefficient (Wildman–Crippen LogP) is 16.7. The zero-order valence-corrected chi connectivity index (χ0v) is 41.8. The van der Waals surface area contributed by atoms with Gasteiger partial charge in [0, 0.05) is 6.42 Å². The Morgan fingerprint density at radius 3 is 1.23 bits per heavy atom. The SMILES string of the molecule is CCCCC/C=C/C=C/CCCCCCC(CC(=O)NC(CO)C(O)CCCCCCCCCCCCCC)OC(=O)CCCCCCCCCCCCCCCCCCCC. The van der Waals surface area contributed by atoms with E-state index in [9.17, 15) is 19.8 Å². The fourth-order valence-electron chi connectivity index (χ4n) is 8.60. The Balaban J connectivity index is 4.51. The zero-order valence-electron chi connectivity index (χ0n) is 41.8. The molecule has 0 aromatic rings. The number of carbonyl (C=O) groups excluding carboxylic acids is 2. The number of hydrogen-bond donors (Lipinski definition) is 3. The number of amides is 1. The number of carbonyl (C=O) groups is 2. The minimum atomic E-state index is -0.789. The van der Waals surface area contributed by atoms with Crippen LogP contribution in [0.1, 0.15) is 297 Å². The number of aliphatic hydroxyl groups excluding tert-OH is 2. The van der Waals surface area contributed by atoms with Crippen LogP contribution in [-0.4, -0.2) is 46.9 Å². The first kappa shape index (κ1) is 60.3. The lowest BCUT2D eigenvalue weighted by Crippen LogP contribution is -2.46. The third-order valence-corrected chi connectivity index (χ3v) is 12.8. The van der Waals surface area contributed by atoms with Gasteiger partial charge in [0.25, 0.3) is 0 Å². The van der Waals surface area contributed by atoms with E-state index in [1.807, 2.05) is 0 Å². The summed E-state index contributed by atoms with van der Waals surface area (Å²) >= 11 is 0. The van der Waals surface area contributed by atoms with Gasteiger partial charge in [-0.15, -0.1) is 0 Å². The van der Waals surface area contributed by atoms with Crippen LogP contribution in [0.4, 0.5) is 0 Å². The highest BCUT2D eigenvalue weighted by Gasteiger charge is 2.24. The number of allylic oxidation sites excluding steroid dienone is 4. The maximum Gasteiger partial charge on any atom is 0.306 e. The van der Waals surface area contributed by atoms with Crippen LogP contribution in [0.25, 0.3) is 0 Å². The lowest BCUT2D eigenvalue weighted by Gasteiger charge is -2.24. The van der Waals surface area contributed by atoms with Crippen molar-refractivity contribution in [1.29, 1.82) is 0 Å². The predicted molar refractivity (Wildman–Crippen MR) is 269 cm³/mol. The van der Waals surface area contributed by atoms with Gasteiger partial charge in [0.1, 0.15) is 6.10 Å². The lowest BCUT2D eigenvalue weighted by molar-refractivity contribution is -0.151. The van der Waals surface area contributed by atoms with Crippen molar-refractivity contribution < 1.29 is 24.5 Å². The molecular weight excluding hydrogens is 767 g/mol. The van der Waals surface area contributed by atoms with Crippen LogP contribution in [0.3, 0.4) is 0 Å². The van der Waals surface area contributed by atoms with Crippen LogP contribution in [0.2, 0.25) is 0 Å². The molecule has 3 unspecified atom stereocenters. The highest BCUT2D eigenvalue weighted by atomic mass is 16.5. The van der Waals surface area contributed by atoms with Gasteiger partial charge in [-0.1, -0.05) is 257 Å². The van der Waals surface area contributed by atoms with E-state index in [1.165, 1.54) is 180 Å². The molecule has 0 saturated heterocycles. The molecule has 0 fully saturated rings. The maximum atomic E-state index is 13.2. The zero-order chi connectivity index (χ0) is 45.2. The molecule has 62 heavy (non-hydrogen) atoms. The molecule has 0 rings (SSSR count). The van der Waals surface area contributed by atoms with Crippen LogP contribution >= 0.6 is 0 Å². The van der Waals surface area contributed by atoms with Crippen molar-refractivity contribution in [3.63, 3.8) is 0 Å². The van der Waals surface area contributed by atoms with E-state index in [0.717, 1.165) is 70.6 Å². The standard InChI is InChI=1S/C56H107NO5/c1-4-7-10-13-16-19-22-25-26-27-28-29-31-34-37-40-43-46-49-56(61)62-52(47-44-41-38-35-32-30-23-20-17-14-11-8-5-2)50-55(60)57-53(51-58)54(59)48-45-42-39-36-33-24-21-18-15-12-9-6-3/h17,20,23,30,52-54,58-59H,4-16,18-19,21-22,24-29,31-51H2,1-3H3,(H,57,60)/b20-17+,30-23+. The fourth-order valence-corrected chi connectivity index (χ4v) is 8.60. The van der Waals surface area contributed by atoms with Crippen molar-refractivity contribution >= 4 is 11.9 Å². The topological polar surface area (TPSA) is 95.9 Å². The van der Waals surface area contributed by atoms with Crippen molar-refractivity contribution in [3.05, 3.63) is 24.3 Å². The second-order valence-corrected chi connectivity index (χ2v) is 19.0. The first-order chi connectivity index (χ1) is 30.5. The normalized spacial score (nSPS) is 13.3. The molecule has 0 saturated carbocycles. The summed E-state index contributed by atoms with van der Waals surface area (Å²) < 4.78 is 5.94. The first-order valence-corrected chi connectivity index (χ1v) is 27.6. The number of unbranched alkanes of at least 4 members (excludes halogenated alkanes) is 35. The van der Waals surface area contributed by atoms with Gasteiger partial charge in [-0.3, -0.25) is 9.59 Å². The molecule has 0 aromatic heterocycles. The summed E-state index contributed by atoms with van der Waals surface area (Å²) in [5, 5.41) is 23.8. The molecule has 0 aliphatic carbocycles. The number of aliphatic hydroxyl groups is 2. The first-order valence-electron chi connectivity index (χ1n) is 27.6. The van der Waals surface area contributed by atoms with Gasteiger partial charge >= 0.3 is 5.97 Å². The van der Waals surface area contributed by atoms with E-state index in [0.29, 0.717) is 19.3 Å². The lowest BCUT2D eigenvalue weighted by atomic mass is 10.0. The van der Waals surface area contributed by atoms with Crippen molar-refractivity contribution in [2.45, 2.75) is 315 Å². The van der Waals surface area contributed by atoms with E-state index in [1.54, 1.807) is 0 Å². The number of nitrogens with one attached hydrogen (secondary N) is 1. The number of ether oxygens (including phenoxy) is 1. The van der Waals surface area contributed by atoms with E-state index < -0.39 is 18.2 Å². The summed E-state index contributed by atoms with van der Waals surface area (Å²) in [6, 6.07) is -0.703. The number of rotatable bonds is 50. The molecule has 6 nitrogen and oxygen atoms in total. The molecule has 3 N–H and O–H groups in total. The molecule has 366 valence electrons. The van der Waals surface area contributed by atoms with Gasteiger partial charge in [-0.05, 0) is 51.4 Å². The smallest absolute Gasteiger partial charge is 0.306 e. The second-order valence-electron chi connectivity index (χ2n) is 19.0. The summed E-state index contributed by atoms with van der Waals surface area (Å²) in [6.45, 7) is 6.47. The Hall–Kier alpha value is -1.66. The van der Waals surface area contributed by atoms with Gasteiger partial charge < -0.3 is 20.3 Å². The van der Waals surface area contributed by atoms with Gasteiger partial charge in [0.15, 0.2) is 0 Å². The Labute approximate surface area is 386 Å². The van der Waals surface area contributed by atoms with Gasteiger partial charge in [0.2, 0.25) is 5.91 Å². The van der Waals surface area contributed by atoms with E-state index in [2.05, 4.69) is 50.4 Å². The van der Waals surface area contributed by atoms with Crippen LogP contribution < -0.4 is 5.32 Å². The minimum Gasteiger partial charge on any atom is -0.462 e. The molecule has 1 amide bonds. The third-order valence-electron chi connectivity index (χ3n) is 12.8. The monoisotopic (exact) mass is 874 g/mol. The summed E-state index contributed by atoms with van der Waals surface area (Å²) in [4.78, 5) is 26.2. The molecule has 0 heterocycles. The summed E-state index contributed by atoms with van der Waals surface area (Å²) in [7, 11) is 0. The molecule has 6 heteroatoms. The molecule has 0 spiro atoms. The fraction of sp³-hybridized carbons (Fsp3) is 0.893. The van der Waals surface area contributed by atoms with E-state index in [4.69, 9.17) is 4.74 Å². The molecule has 0 aliphatic heterocycles. The summed E-state index contributed by atoms with van der Waals surface area (Å²) in [5.74, 6) is -0.477. The molecule has 0 bridgehead atoms. The highest BCUT2D eigenvalue weighted by molar-refractivity contribution is 5.77. The summed E-state index contributed by atoms with van der Waals surface area (Å²) in [5.41, 5.74) is 0. The van der Waals surface area contributed by atoms with Gasteiger partial charge in [-0.25, -0.2) is 0 Å². The van der Waals surface area contributed by atoms with E-state index >= 15 is 0 Å². The van der Waals surface area contributed by atoms with Gasteiger partial charge in [-0.2, -0.15) is 0 Å². The van der Waals surface area contributed by atoms with Crippen LogP contribution in [0.15, 0.2) is 24.3 Å². The van der Waals surface area contributed by atoms with E-state index in [-0.39, 0.29) is 24.9 Å². The molecule has 0 aromatic carbocycles. The van der Waals surface area contributed by atoms with Gasteiger partial charge in [0.05, 0.1) is 25.2 Å². The van der Waals surface area contributed by atoms with Crippen LogP contribution in [0, 0.1) is 0 Å². The maximum absolute atomic E-state index is 13.2. The average Bonchev–Trinajstić information content (AvgIpc) is 3.26. The molecular formula is C56H107NO5. The Bertz CT molecular complexity index is 981. The Morgan fingerprint density at radius 1 is 0.468 bits per heavy atom. The summed E-state index contributed by atoms with van der Waals surface area (Å²) in [6.07, 6.45) is 58.1. The Morgan fingerprint density at radius 2 is 0.806 bits per heavy atom. The highest BCUT2D eigenvalue weighted by Crippen LogP contribution is 2.18. The molecule has 0 aliphatic rings. The largest absolute Gasteiger partial charge is 0.462 e. The molecule has 3 atom stereocenters. The van der Waals surface area contributed by atoms with Crippen molar-refractivity contribution in [3.8, 4) is 0 Å². The third kappa shape index (κ3) is 44.9. The van der Waals surface area contributed by atoms with Crippen molar-refractivity contribution in [1.82, 2.24) is 5.32 Å². The second kappa shape index (κ2) is 50.3. The number of esters is 1. The minimum absolute atomic E-state index is 0.0695. The Kier molecular flexibility index (Phi) is 49.0. The van der Waals surface area contributed by atoms with Crippen molar-refractivity contribution in [2.24, 2.45) is 0 Å². The molecule has 0 radical (unpaired) electrons. The van der Waals surface area contributed by atoms with Crippen molar-refractivity contribution in [2.75, 3.05) is 6.61 Å². The number of hydrogen-bond acceptors (Lipinski definition) is 5. The van der Waals surface area contributed by atoms with Crippen LogP contribution in [0.5, 0.6) is 0 Å². The quantitative estimate of drug-likeness (QED) is 0.0321. The average molecular weight is 874 g/mol.